The Hall–Kier alpha value is -1.34. The van der Waals surface area contributed by atoms with E-state index in [9.17, 15) is 9.59 Å². The van der Waals surface area contributed by atoms with E-state index >= 15 is 0 Å². The smallest absolute Gasteiger partial charge is 0.409 e. The van der Waals surface area contributed by atoms with Crippen LogP contribution in [0.2, 0.25) is 0 Å². The molecule has 1 saturated carbocycles. The predicted octanol–water partition coefficient (Wildman–Crippen LogP) is 0.999. The molecule has 1 rings (SSSR count). The standard InChI is InChI=1S/C13H25N3O4/c1-13(2,3)20-12(18)15-10(11(17)16(4)19-5)14-9-7-6-8-9/h9-10,14H,6-8H2,1-5H3,(H,15,18). The van der Waals surface area contributed by atoms with Gasteiger partial charge in [-0.25, -0.2) is 9.86 Å². The number of nitrogens with zero attached hydrogens (tertiary/aromatic N) is 1. The van der Waals surface area contributed by atoms with E-state index in [0.717, 1.165) is 24.3 Å². The van der Waals surface area contributed by atoms with Gasteiger partial charge in [-0.15, -0.1) is 0 Å². The Morgan fingerprint density at radius 2 is 1.90 bits per heavy atom. The van der Waals surface area contributed by atoms with Crippen molar-refractivity contribution in [3.8, 4) is 0 Å². The molecular formula is C13H25N3O4. The van der Waals surface area contributed by atoms with Gasteiger partial charge in [0.1, 0.15) is 5.60 Å². The molecule has 116 valence electrons. The zero-order valence-electron chi connectivity index (χ0n) is 12.9. The lowest BCUT2D eigenvalue weighted by Crippen LogP contribution is -2.59. The van der Waals surface area contributed by atoms with Gasteiger partial charge in [-0.1, -0.05) is 6.42 Å². The van der Waals surface area contributed by atoms with E-state index in [4.69, 9.17) is 9.57 Å². The van der Waals surface area contributed by atoms with Gasteiger partial charge in [-0.3, -0.25) is 20.3 Å². The molecule has 2 N–H and O–H groups in total. The van der Waals surface area contributed by atoms with Crippen molar-refractivity contribution in [2.24, 2.45) is 0 Å². The summed E-state index contributed by atoms with van der Waals surface area (Å²) in [5, 5.41) is 6.72. The van der Waals surface area contributed by atoms with Crippen LogP contribution in [0.25, 0.3) is 0 Å². The average molecular weight is 287 g/mol. The van der Waals surface area contributed by atoms with E-state index in [1.807, 2.05) is 0 Å². The third kappa shape index (κ3) is 5.34. The minimum Gasteiger partial charge on any atom is -0.444 e. The van der Waals surface area contributed by atoms with Crippen molar-refractivity contribution >= 4 is 12.0 Å². The second kappa shape index (κ2) is 6.90. The van der Waals surface area contributed by atoms with E-state index in [-0.39, 0.29) is 11.9 Å². The van der Waals surface area contributed by atoms with Gasteiger partial charge in [-0.2, -0.15) is 0 Å². The van der Waals surface area contributed by atoms with E-state index in [0.29, 0.717) is 0 Å². The number of hydrogen-bond acceptors (Lipinski definition) is 5. The molecule has 0 aromatic carbocycles. The number of alkyl carbamates (subject to hydrolysis) is 1. The summed E-state index contributed by atoms with van der Waals surface area (Å²) < 4.78 is 5.16. The summed E-state index contributed by atoms with van der Waals surface area (Å²) in [5.74, 6) is -0.370. The van der Waals surface area contributed by atoms with Crippen molar-refractivity contribution in [3.05, 3.63) is 0 Å². The Bertz CT molecular complexity index is 350. The number of hydrogen-bond donors (Lipinski definition) is 2. The maximum absolute atomic E-state index is 12.1. The molecule has 7 nitrogen and oxygen atoms in total. The number of nitrogens with one attached hydrogen (secondary N) is 2. The molecule has 0 spiro atoms. The van der Waals surface area contributed by atoms with Crippen molar-refractivity contribution in [2.45, 2.75) is 57.8 Å². The Balaban J connectivity index is 2.61. The van der Waals surface area contributed by atoms with Crippen LogP contribution in [0.15, 0.2) is 0 Å². The topological polar surface area (TPSA) is 79.9 Å². The molecule has 1 atom stereocenters. The van der Waals surface area contributed by atoms with Crippen LogP contribution >= 0.6 is 0 Å². The minimum atomic E-state index is -0.847. The molecule has 7 heteroatoms. The van der Waals surface area contributed by atoms with Crippen LogP contribution in [0.5, 0.6) is 0 Å². The highest BCUT2D eigenvalue weighted by Crippen LogP contribution is 2.18. The summed E-state index contributed by atoms with van der Waals surface area (Å²) >= 11 is 0. The van der Waals surface area contributed by atoms with E-state index in [1.165, 1.54) is 14.2 Å². The molecule has 1 unspecified atom stereocenters. The van der Waals surface area contributed by atoms with Gasteiger partial charge < -0.3 is 4.74 Å². The molecule has 0 aliphatic heterocycles. The first-order valence-electron chi connectivity index (χ1n) is 6.80. The summed E-state index contributed by atoms with van der Waals surface area (Å²) in [7, 11) is 2.89. The third-order valence-electron chi connectivity index (χ3n) is 3.00. The third-order valence-corrected chi connectivity index (χ3v) is 3.00. The first-order valence-corrected chi connectivity index (χ1v) is 6.80. The van der Waals surface area contributed by atoms with Crippen molar-refractivity contribution in [1.82, 2.24) is 15.7 Å². The van der Waals surface area contributed by atoms with Gasteiger partial charge in [0.25, 0.3) is 5.91 Å². The van der Waals surface area contributed by atoms with Crippen LogP contribution in [0.4, 0.5) is 4.79 Å². The van der Waals surface area contributed by atoms with Crippen LogP contribution in [0.1, 0.15) is 40.0 Å². The molecule has 0 heterocycles. The lowest BCUT2D eigenvalue weighted by molar-refractivity contribution is -0.172. The number of carbonyl (C=O) groups excluding carboxylic acids is 2. The molecule has 1 aliphatic rings. The van der Waals surface area contributed by atoms with Gasteiger partial charge >= 0.3 is 6.09 Å². The monoisotopic (exact) mass is 287 g/mol. The summed E-state index contributed by atoms with van der Waals surface area (Å²) in [6, 6.07) is 0.240. The van der Waals surface area contributed by atoms with Gasteiger partial charge in [-0.05, 0) is 33.6 Å². The lowest BCUT2D eigenvalue weighted by atomic mass is 9.93. The number of ether oxygens (including phenoxy) is 1. The van der Waals surface area contributed by atoms with Gasteiger partial charge in [0.15, 0.2) is 6.17 Å². The number of hydroxylamine groups is 2. The maximum Gasteiger partial charge on any atom is 0.409 e. The van der Waals surface area contributed by atoms with Crippen LogP contribution in [-0.2, 0) is 14.4 Å². The molecule has 1 aliphatic carbocycles. The molecule has 1 fully saturated rings. The fourth-order valence-corrected chi connectivity index (χ4v) is 1.68. The molecule has 2 amide bonds. The second-order valence-corrected chi connectivity index (χ2v) is 5.89. The van der Waals surface area contributed by atoms with E-state index < -0.39 is 17.9 Å². The summed E-state index contributed by atoms with van der Waals surface area (Å²) in [6.07, 6.45) is 1.64. The average Bonchev–Trinajstić information content (AvgIpc) is 2.27. The van der Waals surface area contributed by atoms with Gasteiger partial charge in [0, 0.05) is 13.1 Å². The molecule has 0 aromatic rings. The minimum absolute atomic E-state index is 0.240. The number of carbonyl (C=O) groups is 2. The lowest BCUT2D eigenvalue weighted by Gasteiger charge is -2.32. The molecule has 0 radical (unpaired) electrons. The first-order chi connectivity index (χ1) is 9.23. The Morgan fingerprint density at radius 1 is 1.30 bits per heavy atom. The SMILES string of the molecule is CON(C)C(=O)C(NC(=O)OC(C)(C)C)NC1CCC1. The van der Waals surface area contributed by atoms with Crippen molar-refractivity contribution < 1.29 is 19.2 Å². The highest BCUT2D eigenvalue weighted by molar-refractivity contribution is 5.84. The highest BCUT2D eigenvalue weighted by Gasteiger charge is 2.30. The molecule has 0 aromatic heterocycles. The summed E-state index contributed by atoms with van der Waals surface area (Å²) in [4.78, 5) is 28.8. The maximum atomic E-state index is 12.1. The van der Waals surface area contributed by atoms with Crippen LogP contribution < -0.4 is 10.6 Å². The van der Waals surface area contributed by atoms with Crippen LogP contribution in [0.3, 0.4) is 0 Å². The number of likely N-dealkylation sites (N-methyl/N-ethyl adjacent to an activating group) is 1. The van der Waals surface area contributed by atoms with E-state index in [1.54, 1.807) is 20.8 Å². The van der Waals surface area contributed by atoms with Crippen LogP contribution in [-0.4, -0.2) is 49.0 Å². The molecule has 0 bridgehead atoms. The van der Waals surface area contributed by atoms with Crippen molar-refractivity contribution in [3.63, 3.8) is 0 Å². The Labute approximate surface area is 119 Å². The zero-order valence-corrected chi connectivity index (χ0v) is 12.9. The second-order valence-electron chi connectivity index (χ2n) is 5.89. The fourth-order valence-electron chi connectivity index (χ4n) is 1.68. The molecule has 20 heavy (non-hydrogen) atoms. The largest absolute Gasteiger partial charge is 0.444 e. The van der Waals surface area contributed by atoms with Gasteiger partial charge in [0.2, 0.25) is 0 Å². The van der Waals surface area contributed by atoms with Gasteiger partial charge in [0.05, 0.1) is 7.11 Å². The zero-order chi connectivity index (χ0) is 15.3. The van der Waals surface area contributed by atoms with Crippen molar-refractivity contribution in [2.75, 3.05) is 14.2 Å². The Kier molecular flexibility index (Phi) is 5.76. The first kappa shape index (κ1) is 16.7. The normalized spacial score (nSPS) is 17.1. The fraction of sp³-hybridized carbons (Fsp3) is 0.846. The number of rotatable bonds is 5. The molecular weight excluding hydrogens is 262 g/mol. The van der Waals surface area contributed by atoms with Crippen molar-refractivity contribution in [1.29, 1.82) is 0 Å². The predicted molar refractivity (Wildman–Crippen MR) is 73.7 cm³/mol. The van der Waals surface area contributed by atoms with E-state index in [2.05, 4.69) is 10.6 Å². The molecule has 0 saturated heterocycles. The number of amides is 2. The summed E-state index contributed by atoms with van der Waals surface area (Å²) in [6.45, 7) is 5.30. The quantitative estimate of drug-likeness (QED) is 0.582. The highest BCUT2D eigenvalue weighted by atomic mass is 16.7. The summed E-state index contributed by atoms with van der Waals surface area (Å²) in [5.41, 5.74) is -0.610. The van der Waals surface area contributed by atoms with Crippen LogP contribution in [0, 0.1) is 0 Å². The Morgan fingerprint density at radius 3 is 2.30 bits per heavy atom.